The summed E-state index contributed by atoms with van der Waals surface area (Å²) in [7, 11) is 0. The maximum Gasteiger partial charge on any atom is 0.221 e. The maximum atomic E-state index is 11.1. The molecule has 0 fully saturated rings. The number of hydrogen-bond donors (Lipinski definition) is 2. The average Bonchev–Trinajstić information content (AvgIpc) is 2.48. The highest BCUT2D eigenvalue weighted by molar-refractivity contribution is 5.88. The monoisotopic (exact) mass is 282 g/mol. The zero-order valence-electron chi connectivity index (χ0n) is 12.6. The molecule has 21 heavy (non-hydrogen) atoms. The number of rotatable bonds is 6. The van der Waals surface area contributed by atoms with Gasteiger partial charge in [0.15, 0.2) is 0 Å². The lowest BCUT2D eigenvalue weighted by atomic mass is 10.1. The summed E-state index contributed by atoms with van der Waals surface area (Å²) in [5.41, 5.74) is 3.36. The van der Waals surface area contributed by atoms with E-state index in [9.17, 15) is 4.79 Å². The summed E-state index contributed by atoms with van der Waals surface area (Å²) in [5, 5.41) is 6.33. The lowest BCUT2D eigenvalue weighted by Crippen LogP contribution is -2.21. The van der Waals surface area contributed by atoms with Gasteiger partial charge in [0.1, 0.15) is 0 Å². The number of amides is 1. The molecular formula is C18H22N2O. The van der Waals surface area contributed by atoms with Gasteiger partial charge in [-0.3, -0.25) is 4.79 Å². The van der Waals surface area contributed by atoms with Crippen LogP contribution in [0.4, 0.5) is 5.69 Å². The van der Waals surface area contributed by atoms with E-state index in [4.69, 9.17) is 0 Å². The van der Waals surface area contributed by atoms with Crippen LogP contribution >= 0.6 is 0 Å². The molecule has 2 aromatic carbocycles. The smallest absolute Gasteiger partial charge is 0.221 e. The van der Waals surface area contributed by atoms with Gasteiger partial charge in [0.2, 0.25) is 5.91 Å². The van der Waals surface area contributed by atoms with Gasteiger partial charge in [0, 0.05) is 18.7 Å². The summed E-state index contributed by atoms with van der Waals surface area (Å²) in [5.74, 6) is -0.0446. The Morgan fingerprint density at radius 3 is 2.57 bits per heavy atom. The molecule has 0 heterocycles. The van der Waals surface area contributed by atoms with E-state index in [1.165, 1.54) is 18.1 Å². The van der Waals surface area contributed by atoms with Crippen molar-refractivity contribution in [1.82, 2.24) is 5.32 Å². The second-order valence-corrected chi connectivity index (χ2v) is 5.22. The number of nitrogens with one attached hydrogen (secondary N) is 2. The fraction of sp³-hybridized carbons (Fsp3) is 0.278. The molecule has 0 saturated carbocycles. The molecule has 1 amide bonds. The first kappa shape index (κ1) is 15.3. The van der Waals surface area contributed by atoms with Gasteiger partial charge in [-0.1, -0.05) is 42.5 Å². The van der Waals surface area contributed by atoms with Gasteiger partial charge in [0.25, 0.3) is 0 Å². The second kappa shape index (κ2) is 7.60. The SMILES string of the molecule is CC(=O)Nc1cccc(C(C)NCCc2ccccc2)c1. The second-order valence-electron chi connectivity index (χ2n) is 5.22. The van der Waals surface area contributed by atoms with Crippen molar-refractivity contribution < 1.29 is 4.79 Å². The van der Waals surface area contributed by atoms with Crippen LogP contribution < -0.4 is 10.6 Å². The highest BCUT2D eigenvalue weighted by Gasteiger charge is 2.06. The average molecular weight is 282 g/mol. The van der Waals surface area contributed by atoms with Crippen LogP contribution in [0.15, 0.2) is 54.6 Å². The Bertz CT molecular complexity index is 581. The van der Waals surface area contributed by atoms with Crippen LogP contribution in [0.2, 0.25) is 0 Å². The summed E-state index contributed by atoms with van der Waals surface area (Å²) < 4.78 is 0. The van der Waals surface area contributed by atoms with E-state index in [-0.39, 0.29) is 11.9 Å². The van der Waals surface area contributed by atoms with Gasteiger partial charge in [-0.15, -0.1) is 0 Å². The van der Waals surface area contributed by atoms with Gasteiger partial charge in [-0.2, -0.15) is 0 Å². The van der Waals surface area contributed by atoms with E-state index in [0.29, 0.717) is 0 Å². The molecule has 0 bridgehead atoms. The Hall–Kier alpha value is -2.13. The van der Waals surface area contributed by atoms with Crippen molar-refractivity contribution in [1.29, 1.82) is 0 Å². The third-order valence-electron chi connectivity index (χ3n) is 3.41. The number of carbonyl (C=O) groups excluding carboxylic acids is 1. The fourth-order valence-electron chi connectivity index (χ4n) is 2.28. The lowest BCUT2D eigenvalue weighted by Gasteiger charge is -2.15. The molecule has 110 valence electrons. The summed E-state index contributed by atoms with van der Waals surface area (Å²) in [6, 6.07) is 18.7. The van der Waals surface area contributed by atoms with Crippen molar-refractivity contribution in [3.8, 4) is 0 Å². The lowest BCUT2D eigenvalue weighted by molar-refractivity contribution is -0.114. The van der Waals surface area contributed by atoms with Crippen LogP contribution in [-0.4, -0.2) is 12.5 Å². The van der Waals surface area contributed by atoms with E-state index in [0.717, 1.165) is 18.7 Å². The molecule has 2 N–H and O–H groups in total. The third-order valence-corrected chi connectivity index (χ3v) is 3.41. The number of carbonyl (C=O) groups is 1. The molecule has 1 atom stereocenters. The predicted molar refractivity (Wildman–Crippen MR) is 87.3 cm³/mol. The van der Waals surface area contributed by atoms with Crippen LogP contribution in [0.1, 0.15) is 31.0 Å². The Morgan fingerprint density at radius 2 is 1.86 bits per heavy atom. The first-order valence-corrected chi connectivity index (χ1v) is 7.30. The maximum absolute atomic E-state index is 11.1. The van der Waals surface area contributed by atoms with E-state index in [1.807, 2.05) is 24.3 Å². The zero-order chi connectivity index (χ0) is 15.1. The van der Waals surface area contributed by atoms with E-state index in [1.54, 1.807) is 0 Å². The molecule has 0 aliphatic heterocycles. The van der Waals surface area contributed by atoms with Gasteiger partial charge in [-0.25, -0.2) is 0 Å². The summed E-state index contributed by atoms with van der Waals surface area (Å²) in [6.07, 6.45) is 1.01. The molecule has 2 aromatic rings. The number of hydrogen-bond acceptors (Lipinski definition) is 2. The number of anilines is 1. The summed E-state index contributed by atoms with van der Waals surface area (Å²) in [4.78, 5) is 11.1. The standard InChI is InChI=1S/C18H22N2O/c1-14(19-12-11-16-7-4-3-5-8-16)17-9-6-10-18(13-17)20-15(2)21/h3-10,13-14,19H,11-12H2,1-2H3,(H,20,21). The topological polar surface area (TPSA) is 41.1 Å². The van der Waals surface area contributed by atoms with Crippen molar-refractivity contribution in [2.24, 2.45) is 0 Å². The molecule has 0 aromatic heterocycles. The molecule has 0 radical (unpaired) electrons. The predicted octanol–water partition coefficient (Wildman–Crippen LogP) is 3.54. The largest absolute Gasteiger partial charge is 0.326 e. The molecule has 0 saturated heterocycles. The van der Waals surface area contributed by atoms with Crippen LogP contribution in [-0.2, 0) is 11.2 Å². The van der Waals surface area contributed by atoms with Crippen LogP contribution in [0.3, 0.4) is 0 Å². The highest BCUT2D eigenvalue weighted by atomic mass is 16.1. The summed E-state index contributed by atoms with van der Waals surface area (Å²) >= 11 is 0. The Kier molecular flexibility index (Phi) is 5.52. The van der Waals surface area contributed by atoms with Gasteiger partial charge in [0.05, 0.1) is 0 Å². The van der Waals surface area contributed by atoms with E-state index < -0.39 is 0 Å². The quantitative estimate of drug-likeness (QED) is 0.851. The summed E-state index contributed by atoms with van der Waals surface area (Å²) in [6.45, 7) is 4.58. The van der Waals surface area contributed by atoms with Crippen molar-refractivity contribution in [3.63, 3.8) is 0 Å². The highest BCUT2D eigenvalue weighted by Crippen LogP contribution is 2.17. The minimum absolute atomic E-state index is 0.0446. The van der Waals surface area contributed by atoms with Gasteiger partial charge in [-0.05, 0) is 43.1 Å². The molecule has 0 aliphatic carbocycles. The van der Waals surface area contributed by atoms with Crippen molar-refractivity contribution in [2.45, 2.75) is 26.3 Å². The molecule has 0 aliphatic rings. The normalized spacial score (nSPS) is 11.9. The molecule has 3 heteroatoms. The molecule has 2 rings (SSSR count). The first-order chi connectivity index (χ1) is 10.1. The van der Waals surface area contributed by atoms with Crippen LogP contribution in [0.5, 0.6) is 0 Å². The molecule has 3 nitrogen and oxygen atoms in total. The Labute approximate surface area is 126 Å². The van der Waals surface area contributed by atoms with Crippen molar-refractivity contribution in [3.05, 3.63) is 65.7 Å². The number of benzene rings is 2. The van der Waals surface area contributed by atoms with E-state index >= 15 is 0 Å². The van der Waals surface area contributed by atoms with Gasteiger partial charge < -0.3 is 10.6 Å². The molecule has 0 spiro atoms. The minimum atomic E-state index is -0.0446. The fourth-order valence-corrected chi connectivity index (χ4v) is 2.28. The van der Waals surface area contributed by atoms with E-state index in [2.05, 4.69) is 47.9 Å². The van der Waals surface area contributed by atoms with Gasteiger partial charge >= 0.3 is 0 Å². The Balaban J connectivity index is 1.88. The third kappa shape index (κ3) is 5.04. The molecule has 1 unspecified atom stereocenters. The molecular weight excluding hydrogens is 260 g/mol. The Morgan fingerprint density at radius 1 is 1.10 bits per heavy atom. The van der Waals surface area contributed by atoms with Crippen LogP contribution in [0.25, 0.3) is 0 Å². The minimum Gasteiger partial charge on any atom is -0.326 e. The first-order valence-electron chi connectivity index (χ1n) is 7.30. The zero-order valence-corrected chi connectivity index (χ0v) is 12.6. The van der Waals surface area contributed by atoms with Crippen LogP contribution in [0, 0.1) is 0 Å². The van der Waals surface area contributed by atoms with Crippen molar-refractivity contribution >= 4 is 11.6 Å². The van der Waals surface area contributed by atoms with Crippen molar-refractivity contribution in [2.75, 3.05) is 11.9 Å².